The summed E-state index contributed by atoms with van der Waals surface area (Å²) in [4.78, 5) is 13.1. The average molecular weight is 298 g/mol. The van der Waals surface area contributed by atoms with Gasteiger partial charge in [0.2, 0.25) is 0 Å². The van der Waals surface area contributed by atoms with Crippen molar-refractivity contribution in [2.45, 2.75) is 30.7 Å². The van der Waals surface area contributed by atoms with Crippen molar-refractivity contribution in [2.24, 2.45) is 11.8 Å². The van der Waals surface area contributed by atoms with E-state index in [9.17, 15) is 9.90 Å². The fourth-order valence-corrected chi connectivity index (χ4v) is 4.75. The van der Waals surface area contributed by atoms with Crippen LogP contribution in [0.4, 0.5) is 0 Å². The summed E-state index contributed by atoms with van der Waals surface area (Å²) >= 11 is 0. The summed E-state index contributed by atoms with van der Waals surface area (Å²) in [5.41, 5.74) is 1.29. The van der Waals surface area contributed by atoms with Crippen LogP contribution in [0.3, 0.4) is 0 Å². The lowest BCUT2D eigenvalue weighted by atomic mass is 9.74. The highest BCUT2D eigenvalue weighted by Crippen LogP contribution is 2.63. The van der Waals surface area contributed by atoms with E-state index in [-0.39, 0.29) is 12.0 Å². The smallest absolute Gasteiger partial charge is 0.150 e. The Kier molecular flexibility index (Phi) is 3.05. The van der Waals surface area contributed by atoms with Crippen LogP contribution in [0.5, 0.6) is 0 Å². The molecule has 0 saturated carbocycles. The molecule has 2 fully saturated rings. The van der Waals surface area contributed by atoms with Gasteiger partial charge in [-0.1, -0.05) is 43.3 Å². The van der Waals surface area contributed by atoms with Crippen LogP contribution in [0.15, 0.2) is 36.4 Å². The third kappa shape index (κ3) is 1.66. The quantitative estimate of drug-likeness (QED) is 0.490. The lowest BCUT2D eigenvalue weighted by Crippen LogP contribution is -2.42. The molecule has 0 radical (unpaired) electrons. The molecule has 1 aliphatic carbocycles. The molecule has 1 aromatic rings. The molecule has 4 aliphatic rings. The van der Waals surface area contributed by atoms with E-state index >= 15 is 0 Å². The summed E-state index contributed by atoms with van der Waals surface area (Å²) in [5, 5.41) is 14.2. The minimum absolute atomic E-state index is 0.178. The summed E-state index contributed by atoms with van der Waals surface area (Å²) in [6.07, 6.45) is 5.34. The molecule has 2 saturated heterocycles. The zero-order chi connectivity index (χ0) is 15.5. The Morgan fingerprint density at radius 2 is 2.09 bits per heavy atom. The number of rotatable bonds is 5. The summed E-state index contributed by atoms with van der Waals surface area (Å²) in [5.74, 6) is 0.964. The number of nitrogens with one attached hydrogen (secondary N) is 1. The number of piperidine rings is 1. The first-order chi connectivity index (χ1) is 10.6. The molecule has 116 valence electrons. The van der Waals surface area contributed by atoms with Crippen molar-refractivity contribution in [1.82, 2.24) is 10.2 Å². The number of benzene rings is 1. The van der Waals surface area contributed by atoms with Gasteiger partial charge >= 0.3 is 0 Å². The third-order valence-corrected chi connectivity index (χ3v) is 5.86. The lowest BCUT2D eigenvalue weighted by Gasteiger charge is -2.34. The van der Waals surface area contributed by atoms with E-state index in [1.165, 1.54) is 5.56 Å². The van der Waals surface area contributed by atoms with E-state index in [0.717, 1.165) is 12.8 Å². The number of carbonyl (C=O) groups is 1. The fourth-order valence-electron chi connectivity index (χ4n) is 4.75. The number of carbonyl (C=O) groups excluding carboxylic acids is 1. The molecule has 7 unspecified atom stereocenters. The van der Waals surface area contributed by atoms with E-state index in [1.807, 2.05) is 31.3 Å². The van der Waals surface area contributed by atoms with Crippen molar-refractivity contribution >= 4 is 6.29 Å². The molecule has 22 heavy (non-hydrogen) atoms. The molecule has 1 aromatic carbocycles. The van der Waals surface area contributed by atoms with E-state index in [1.54, 1.807) is 0 Å². The first kappa shape index (κ1) is 14.1. The van der Waals surface area contributed by atoms with E-state index in [4.69, 9.17) is 0 Å². The van der Waals surface area contributed by atoms with Gasteiger partial charge in [0.25, 0.3) is 0 Å². The van der Waals surface area contributed by atoms with Crippen molar-refractivity contribution in [2.75, 3.05) is 13.6 Å². The van der Waals surface area contributed by atoms with Crippen molar-refractivity contribution in [3.05, 3.63) is 47.5 Å². The Bertz CT molecular complexity index is 626. The monoisotopic (exact) mass is 298 g/mol. The van der Waals surface area contributed by atoms with Crippen LogP contribution in [0, 0.1) is 11.8 Å². The van der Waals surface area contributed by atoms with Crippen LogP contribution in [-0.2, 0) is 0 Å². The minimum atomic E-state index is -0.649. The molecule has 5 rings (SSSR count). The van der Waals surface area contributed by atoms with Gasteiger partial charge in [-0.15, -0.1) is 0 Å². The molecule has 0 aromatic heterocycles. The van der Waals surface area contributed by atoms with Gasteiger partial charge in [0.1, 0.15) is 12.0 Å². The molecule has 2 N–H and O–H groups in total. The topological polar surface area (TPSA) is 52.3 Å². The molecule has 4 nitrogen and oxygen atoms in total. The van der Waals surface area contributed by atoms with E-state index in [0.29, 0.717) is 23.4 Å². The highest BCUT2D eigenvalue weighted by Gasteiger charge is 2.76. The number of aliphatic hydroxyl groups is 1. The maximum atomic E-state index is 11.0. The molecule has 3 aliphatic heterocycles. The second kappa shape index (κ2) is 4.75. The Hall–Kier alpha value is -1.49. The van der Waals surface area contributed by atoms with Crippen LogP contribution in [0.2, 0.25) is 0 Å². The van der Waals surface area contributed by atoms with Crippen molar-refractivity contribution < 1.29 is 9.90 Å². The Morgan fingerprint density at radius 3 is 2.73 bits per heavy atom. The minimum Gasteiger partial charge on any atom is -0.373 e. The number of aldehydes is 1. The maximum absolute atomic E-state index is 11.0. The van der Waals surface area contributed by atoms with Gasteiger partial charge < -0.3 is 10.4 Å². The standard InChI is InChI=1S/C18H22N2O2/c1-11(13-5-3-12(10-21)4-6-13)17-14-7-8-16-18(22,20(16)17)15(14)9-19-2/h3-8,10-11,14-17,19,22H,9H2,1-2H3. The number of hydrogen-bond donors (Lipinski definition) is 2. The van der Waals surface area contributed by atoms with Gasteiger partial charge in [0.15, 0.2) is 0 Å². The highest BCUT2D eigenvalue weighted by molar-refractivity contribution is 5.74. The predicted octanol–water partition coefficient (Wildman–Crippen LogP) is 1.38. The van der Waals surface area contributed by atoms with Gasteiger partial charge in [-0.3, -0.25) is 9.69 Å². The second-order valence-corrected chi connectivity index (χ2v) is 6.83. The average Bonchev–Trinajstić information content (AvgIpc) is 3.12. The van der Waals surface area contributed by atoms with Crippen molar-refractivity contribution in [3.63, 3.8) is 0 Å². The highest BCUT2D eigenvalue weighted by atomic mass is 16.3. The van der Waals surface area contributed by atoms with Gasteiger partial charge in [-0.25, -0.2) is 0 Å². The fraction of sp³-hybridized carbons (Fsp3) is 0.500. The third-order valence-electron chi connectivity index (χ3n) is 5.86. The van der Waals surface area contributed by atoms with Crippen LogP contribution < -0.4 is 5.32 Å². The molecule has 3 heterocycles. The molecule has 0 spiro atoms. The summed E-state index contributed by atoms with van der Waals surface area (Å²) < 4.78 is 0. The summed E-state index contributed by atoms with van der Waals surface area (Å²) in [6.45, 7) is 3.07. The van der Waals surface area contributed by atoms with Crippen molar-refractivity contribution in [1.29, 1.82) is 0 Å². The maximum Gasteiger partial charge on any atom is 0.150 e. The lowest BCUT2D eigenvalue weighted by molar-refractivity contribution is 0.0532. The second-order valence-electron chi connectivity index (χ2n) is 6.83. The Morgan fingerprint density at radius 1 is 1.36 bits per heavy atom. The summed E-state index contributed by atoms with van der Waals surface area (Å²) in [6, 6.07) is 8.35. The Balaban J connectivity index is 1.63. The largest absolute Gasteiger partial charge is 0.373 e. The SMILES string of the molecule is CNCC1C2C=CC3N(C2C(C)c2ccc(C=O)cc2)C13O. The van der Waals surface area contributed by atoms with Crippen LogP contribution >= 0.6 is 0 Å². The van der Waals surface area contributed by atoms with Gasteiger partial charge in [-0.2, -0.15) is 0 Å². The molecular weight excluding hydrogens is 276 g/mol. The molecule has 4 bridgehead atoms. The first-order valence-electron chi connectivity index (χ1n) is 8.01. The summed E-state index contributed by atoms with van der Waals surface area (Å²) in [7, 11) is 1.95. The van der Waals surface area contributed by atoms with Crippen LogP contribution in [0.25, 0.3) is 0 Å². The zero-order valence-corrected chi connectivity index (χ0v) is 12.9. The predicted molar refractivity (Wildman–Crippen MR) is 84.7 cm³/mol. The Labute approximate surface area is 130 Å². The normalized spacial score (nSPS) is 42.2. The molecular formula is C18H22N2O2. The number of nitrogens with zero attached hydrogens (tertiary/aromatic N) is 1. The molecule has 0 amide bonds. The zero-order valence-electron chi connectivity index (χ0n) is 12.9. The number of hydrogen-bond acceptors (Lipinski definition) is 4. The van der Waals surface area contributed by atoms with E-state index < -0.39 is 5.72 Å². The van der Waals surface area contributed by atoms with Crippen LogP contribution in [0.1, 0.15) is 28.8 Å². The molecule has 4 heteroatoms. The van der Waals surface area contributed by atoms with E-state index in [2.05, 4.69) is 29.3 Å². The van der Waals surface area contributed by atoms with Gasteiger partial charge in [0, 0.05) is 30.0 Å². The van der Waals surface area contributed by atoms with Crippen LogP contribution in [-0.4, -0.2) is 47.7 Å². The van der Waals surface area contributed by atoms with Crippen molar-refractivity contribution in [3.8, 4) is 0 Å². The molecule has 7 atom stereocenters. The van der Waals surface area contributed by atoms with Gasteiger partial charge in [-0.05, 0) is 18.5 Å². The van der Waals surface area contributed by atoms with Gasteiger partial charge in [0.05, 0.1) is 6.04 Å². The first-order valence-corrected chi connectivity index (χ1v) is 8.01.